The van der Waals surface area contributed by atoms with Gasteiger partial charge < -0.3 is 4.74 Å². The Balaban J connectivity index is 2.15. The summed E-state index contributed by atoms with van der Waals surface area (Å²) in [6, 6.07) is 6.69. The van der Waals surface area contributed by atoms with Gasteiger partial charge in [0.15, 0.2) is 9.84 Å². The van der Waals surface area contributed by atoms with Crippen molar-refractivity contribution in [1.82, 2.24) is 0 Å². The molecule has 0 bridgehead atoms. The van der Waals surface area contributed by atoms with Gasteiger partial charge in [-0.3, -0.25) is 4.79 Å². The van der Waals surface area contributed by atoms with Crippen LogP contribution in [-0.4, -0.2) is 26.2 Å². The smallest absolute Gasteiger partial charge is 0.310 e. The number of benzene rings is 1. The summed E-state index contributed by atoms with van der Waals surface area (Å²) < 4.78 is 29.3. The van der Waals surface area contributed by atoms with Gasteiger partial charge in [0.2, 0.25) is 0 Å². The minimum atomic E-state index is -3.40. The van der Waals surface area contributed by atoms with E-state index in [1.165, 1.54) is 0 Å². The number of ether oxygens (including phenoxy) is 1. The summed E-state index contributed by atoms with van der Waals surface area (Å²) in [6.45, 7) is 3.89. The predicted octanol–water partition coefficient (Wildman–Crippen LogP) is 1.72. The molecule has 2 atom stereocenters. The van der Waals surface area contributed by atoms with E-state index in [0.29, 0.717) is 6.42 Å². The van der Waals surface area contributed by atoms with Crippen molar-refractivity contribution in [3.8, 4) is 0 Å². The lowest BCUT2D eigenvalue weighted by Gasteiger charge is -2.04. The number of carbonyl (C=O) groups excluding carboxylic acids is 1. The molecule has 1 aliphatic rings. The lowest BCUT2D eigenvalue weighted by Crippen LogP contribution is -2.15. The van der Waals surface area contributed by atoms with Crippen molar-refractivity contribution in [1.29, 1.82) is 0 Å². The Morgan fingerprint density at radius 3 is 2.50 bits per heavy atom. The van der Waals surface area contributed by atoms with E-state index in [2.05, 4.69) is 0 Å². The maximum atomic E-state index is 12.2. The molecule has 0 saturated heterocycles. The minimum absolute atomic E-state index is 0.282. The molecule has 98 valence electrons. The molecule has 18 heavy (non-hydrogen) atoms. The van der Waals surface area contributed by atoms with E-state index < -0.39 is 27.0 Å². The molecule has 1 fully saturated rings. The molecule has 5 heteroatoms. The van der Waals surface area contributed by atoms with Crippen LogP contribution >= 0.6 is 0 Å². The summed E-state index contributed by atoms with van der Waals surface area (Å²) in [4.78, 5) is 11.7. The number of esters is 1. The molecule has 0 radical (unpaired) electrons. The molecular weight excluding hydrogens is 252 g/mol. The number of aryl methyl sites for hydroxylation is 1. The average Bonchev–Trinajstić information content (AvgIpc) is 3.10. The molecule has 4 nitrogen and oxygen atoms in total. The van der Waals surface area contributed by atoms with Crippen LogP contribution in [0.1, 0.15) is 18.9 Å². The van der Waals surface area contributed by atoms with E-state index in [0.717, 1.165) is 5.56 Å². The molecule has 0 N–H and O–H groups in total. The van der Waals surface area contributed by atoms with Gasteiger partial charge in [0.05, 0.1) is 22.7 Å². The maximum absolute atomic E-state index is 12.2. The van der Waals surface area contributed by atoms with Gasteiger partial charge in [0.1, 0.15) is 0 Å². The van der Waals surface area contributed by atoms with Crippen molar-refractivity contribution in [2.75, 3.05) is 6.61 Å². The van der Waals surface area contributed by atoms with Gasteiger partial charge in [-0.2, -0.15) is 0 Å². The third-order valence-corrected chi connectivity index (χ3v) is 5.32. The Bertz CT molecular complexity index is 545. The third-order valence-electron chi connectivity index (χ3n) is 3.07. The zero-order chi connectivity index (χ0) is 13.3. The van der Waals surface area contributed by atoms with Crippen LogP contribution in [-0.2, 0) is 19.4 Å². The third kappa shape index (κ3) is 2.41. The standard InChI is InChI=1S/C13H16O4S/c1-3-17-13(14)11-8-12(11)18(15,16)10-6-4-9(2)5-7-10/h4-7,11-12H,3,8H2,1-2H3/t11-,12-/m1/s1. The number of hydrogen-bond donors (Lipinski definition) is 0. The lowest BCUT2D eigenvalue weighted by atomic mass is 10.2. The van der Waals surface area contributed by atoms with Gasteiger partial charge in [0.25, 0.3) is 0 Å². The summed E-state index contributed by atoms with van der Waals surface area (Å²) in [6.07, 6.45) is 0.370. The summed E-state index contributed by atoms with van der Waals surface area (Å²) in [5.74, 6) is -0.894. The van der Waals surface area contributed by atoms with Crippen molar-refractivity contribution in [3.63, 3.8) is 0 Å². The molecule has 1 aliphatic carbocycles. The first-order valence-electron chi connectivity index (χ1n) is 5.94. The molecule has 0 unspecified atom stereocenters. The first-order valence-corrected chi connectivity index (χ1v) is 7.48. The molecule has 1 aromatic rings. The second kappa shape index (κ2) is 4.72. The highest BCUT2D eigenvalue weighted by Crippen LogP contribution is 2.41. The van der Waals surface area contributed by atoms with E-state index in [4.69, 9.17) is 4.74 Å². The molecule has 1 aromatic carbocycles. The molecule has 0 aromatic heterocycles. The number of carbonyl (C=O) groups is 1. The lowest BCUT2D eigenvalue weighted by molar-refractivity contribution is -0.144. The van der Waals surface area contributed by atoms with Crippen LogP contribution in [0.5, 0.6) is 0 Å². The largest absolute Gasteiger partial charge is 0.466 e. The van der Waals surface area contributed by atoms with Gasteiger partial charge in [0, 0.05) is 0 Å². The summed E-state index contributed by atoms with van der Waals surface area (Å²) in [5, 5.41) is -0.612. The number of hydrogen-bond acceptors (Lipinski definition) is 4. The topological polar surface area (TPSA) is 60.4 Å². The summed E-state index contributed by atoms with van der Waals surface area (Å²) in [5.41, 5.74) is 1.01. The Hall–Kier alpha value is -1.36. The van der Waals surface area contributed by atoms with Crippen molar-refractivity contribution < 1.29 is 17.9 Å². The van der Waals surface area contributed by atoms with Gasteiger partial charge in [-0.15, -0.1) is 0 Å². The van der Waals surface area contributed by atoms with E-state index in [9.17, 15) is 13.2 Å². The van der Waals surface area contributed by atoms with Crippen molar-refractivity contribution in [3.05, 3.63) is 29.8 Å². The normalized spacial score (nSPS) is 22.6. The van der Waals surface area contributed by atoms with Crippen molar-refractivity contribution >= 4 is 15.8 Å². The van der Waals surface area contributed by atoms with Crippen molar-refractivity contribution in [2.45, 2.75) is 30.4 Å². The van der Waals surface area contributed by atoms with Gasteiger partial charge in [-0.05, 0) is 32.4 Å². The number of sulfone groups is 1. The summed E-state index contributed by atoms with van der Waals surface area (Å²) >= 11 is 0. The van der Waals surface area contributed by atoms with Crippen molar-refractivity contribution in [2.24, 2.45) is 5.92 Å². The highest BCUT2D eigenvalue weighted by atomic mass is 32.2. The van der Waals surface area contributed by atoms with E-state index in [-0.39, 0.29) is 11.5 Å². The minimum Gasteiger partial charge on any atom is -0.466 e. The predicted molar refractivity (Wildman–Crippen MR) is 66.9 cm³/mol. The molecule has 2 rings (SSSR count). The van der Waals surface area contributed by atoms with Crippen LogP contribution in [0.4, 0.5) is 0 Å². The Labute approximate surface area is 107 Å². The van der Waals surface area contributed by atoms with Crippen LogP contribution in [0.25, 0.3) is 0 Å². The molecule has 0 aliphatic heterocycles. The molecule has 1 saturated carbocycles. The zero-order valence-electron chi connectivity index (χ0n) is 10.4. The number of rotatable bonds is 4. The van der Waals surface area contributed by atoms with Gasteiger partial charge in [-0.25, -0.2) is 8.42 Å². The van der Waals surface area contributed by atoms with Gasteiger partial charge >= 0.3 is 5.97 Å². The molecule has 0 heterocycles. The Kier molecular flexibility index (Phi) is 3.43. The van der Waals surface area contributed by atoms with Crippen LogP contribution in [0.2, 0.25) is 0 Å². The first-order chi connectivity index (χ1) is 8.46. The average molecular weight is 268 g/mol. The summed E-state index contributed by atoms with van der Waals surface area (Å²) in [7, 11) is -3.40. The SMILES string of the molecule is CCOC(=O)[C@@H]1C[C@H]1S(=O)(=O)c1ccc(C)cc1. The second-order valence-electron chi connectivity index (χ2n) is 4.49. The fourth-order valence-corrected chi connectivity index (χ4v) is 3.78. The molecule has 0 spiro atoms. The Morgan fingerprint density at radius 2 is 1.94 bits per heavy atom. The van der Waals surface area contributed by atoms with Crippen LogP contribution in [0.15, 0.2) is 29.2 Å². The highest BCUT2D eigenvalue weighted by Gasteiger charge is 2.53. The maximum Gasteiger partial charge on any atom is 0.310 e. The van der Waals surface area contributed by atoms with Crippen LogP contribution < -0.4 is 0 Å². The highest BCUT2D eigenvalue weighted by molar-refractivity contribution is 7.92. The van der Waals surface area contributed by atoms with Crippen LogP contribution in [0, 0.1) is 12.8 Å². The molecular formula is C13H16O4S. The fraction of sp³-hybridized carbons (Fsp3) is 0.462. The van der Waals surface area contributed by atoms with Gasteiger partial charge in [-0.1, -0.05) is 17.7 Å². The monoisotopic (exact) mass is 268 g/mol. The quantitative estimate of drug-likeness (QED) is 0.780. The van der Waals surface area contributed by atoms with E-state index in [1.807, 2.05) is 6.92 Å². The zero-order valence-corrected chi connectivity index (χ0v) is 11.2. The first kappa shape index (κ1) is 13.1. The fourth-order valence-electron chi connectivity index (χ4n) is 1.91. The van der Waals surface area contributed by atoms with E-state index in [1.54, 1.807) is 31.2 Å². The Morgan fingerprint density at radius 1 is 1.33 bits per heavy atom. The van der Waals surface area contributed by atoms with Crippen LogP contribution in [0.3, 0.4) is 0 Å². The van der Waals surface area contributed by atoms with E-state index >= 15 is 0 Å². The second-order valence-corrected chi connectivity index (χ2v) is 6.66. The molecule has 0 amide bonds.